The Labute approximate surface area is 152 Å². The number of aromatic nitrogens is 1. The lowest BCUT2D eigenvalue weighted by Crippen LogP contribution is -2.48. The van der Waals surface area contributed by atoms with E-state index in [1.165, 1.54) is 38.9 Å². The number of likely N-dealkylation sites (tertiary alicyclic amines) is 1. The summed E-state index contributed by atoms with van der Waals surface area (Å²) < 4.78 is 5.51. The Hall–Kier alpha value is -1.82. The Bertz CT molecular complexity index is 509. The number of rotatable bonds is 8. The molecule has 25 heavy (non-hydrogen) atoms. The van der Waals surface area contributed by atoms with E-state index in [4.69, 9.17) is 4.74 Å². The van der Waals surface area contributed by atoms with Gasteiger partial charge in [-0.15, -0.1) is 0 Å². The molecule has 1 aliphatic heterocycles. The van der Waals surface area contributed by atoms with Crippen molar-refractivity contribution in [2.75, 3.05) is 33.3 Å². The highest BCUT2D eigenvalue weighted by Gasteiger charge is 2.19. The standard InChI is InChI=1S/C19H33N5O/c1-4-10-24-11-8-17(9-12-24)23-19(20-3)22-15-16-6-7-18(21-14-16)25-13-5-2/h6-7,14,17H,4-5,8-13,15H2,1-3H3,(H2,20,22,23). The number of nitrogens with zero attached hydrogens (tertiary/aromatic N) is 3. The number of piperidine rings is 1. The van der Waals surface area contributed by atoms with Crippen molar-refractivity contribution in [3.05, 3.63) is 23.9 Å². The van der Waals surface area contributed by atoms with Crippen LogP contribution in [0.3, 0.4) is 0 Å². The normalized spacial score (nSPS) is 16.7. The van der Waals surface area contributed by atoms with Crippen LogP contribution in [0.5, 0.6) is 5.88 Å². The largest absolute Gasteiger partial charge is 0.478 e. The minimum absolute atomic E-state index is 0.502. The SMILES string of the molecule is CCCOc1ccc(CNC(=NC)NC2CCN(CCC)CC2)cn1. The summed E-state index contributed by atoms with van der Waals surface area (Å²) in [5.41, 5.74) is 1.12. The number of hydrogen-bond acceptors (Lipinski definition) is 4. The van der Waals surface area contributed by atoms with Gasteiger partial charge in [-0.05, 0) is 37.8 Å². The summed E-state index contributed by atoms with van der Waals surface area (Å²) in [6.45, 7) is 9.30. The van der Waals surface area contributed by atoms with Gasteiger partial charge in [-0.1, -0.05) is 19.9 Å². The van der Waals surface area contributed by atoms with Crippen LogP contribution in [0.1, 0.15) is 45.1 Å². The van der Waals surface area contributed by atoms with Crippen molar-refractivity contribution in [2.45, 2.75) is 52.1 Å². The van der Waals surface area contributed by atoms with E-state index in [0.717, 1.165) is 17.9 Å². The van der Waals surface area contributed by atoms with Gasteiger partial charge in [-0.25, -0.2) is 4.98 Å². The lowest BCUT2D eigenvalue weighted by Gasteiger charge is -2.32. The van der Waals surface area contributed by atoms with Gasteiger partial charge in [0.2, 0.25) is 5.88 Å². The molecule has 0 spiro atoms. The lowest BCUT2D eigenvalue weighted by atomic mass is 10.1. The van der Waals surface area contributed by atoms with Gasteiger partial charge >= 0.3 is 0 Å². The molecular formula is C19H33N5O. The number of ether oxygens (including phenoxy) is 1. The van der Waals surface area contributed by atoms with Crippen LogP contribution < -0.4 is 15.4 Å². The molecule has 1 fully saturated rings. The van der Waals surface area contributed by atoms with Crippen molar-refractivity contribution < 1.29 is 4.74 Å². The van der Waals surface area contributed by atoms with E-state index in [9.17, 15) is 0 Å². The van der Waals surface area contributed by atoms with Crippen LogP contribution in [-0.2, 0) is 6.54 Å². The molecule has 2 N–H and O–H groups in total. The van der Waals surface area contributed by atoms with Crippen molar-refractivity contribution >= 4 is 5.96 Å². The molecule has 6 nitrogen and oxygen atoms in total. The van der Waals surface area contributed by atoms with Gasteiger partial charge in [0.05, 0.1) is 6.61 Å². The van der Waals surface area contributed by atoms with Crippen molar-refractivity contribution in [1.82, 2.24) is 20.5 Å². The molecule has 1 saturated heterocycles. The molecule has 0 atom stereocenters. The van der Waals surface area contributed by atoms with Crippen molar-refractivity contribution in [2.24, 2.45) is 4.99 Å². The monoisotopic (exact) mass is 347 g/mol. The Morgan fingerprint density at radius 1 is 1.28 bits per heavy atom. The summed E-state index contributed by atoms with van der Waals surface area (Å²) >= 11 is 0. The Kier molecular flexibility index (Phi) is 8.52. The minimum atomic E-state index is 0.502. The maximum Gasteiger partial charge on any atom is 0.213 e. The third-order valence-electron chi connectivity index (χ3n) is 4.40. The van der Waals surface area contributed by atoms with E-state index in [-0.39, 0.29) is 0 Å². The molecule has 1 aromatic heterocycles. The van der Waals surface area contributed by atoms with Crippen molar-refractivity contribution in [3.63, 3.8) is 0 Å². The fourth-order valence-corrected chi connectivity index (χ4v) is 3.00. The van der Waals surface area contributed by atoms with Gasteiger partial charge in [-0.3, -0.25) is 4.99 Å². The highest BCUT2D eigenvalue weighted by Crippen LogP contribution is 2.11. The number of nitrogens with one attached hydrogen (secondary N) is 2. The summed E-state index contributed by atoms with van der Waals surface area (Å²) in [4.78, 5) is 11.2. The van der Waals surface area contributed by atoms with E-state index < -0.39 is 0 Å². The summed E-state index contributed by atoms with van der Waals surface area (Å²) in [7, 11) is 1.82. The first-order chi connectivity index (χ1) is 12.2. The summed E-state index contributed by atoms with van der Waals surface area (Å²) in [5, 5.41) is 6.92. The second-order valence-electron chi connectivity index (χ2n) is 6.54. The number of aliphatic imine (C=N–C) groups is 1. The molecule has 1 aliphatic rings. The molecule has 0 amide bonds. The summed E-state index contributed by atoms with van der Waals surface area (Å²) in [5.74, 6) is 1.55. The first-order valence-corrected chi connectivity index (χ1v) is 9.52. The zero-order valence-corrected chi connectivity index (χ0v) is 15.9. The highest BCUT2D eigenvalue weighted by atomic mass is 16.5. The molecule has 6 heteroatoms. The Balaban J connectivity index is 1.73. The number of pyridine rings is 1. The first-order valence-electron chi connectivity index (χ1n) is 9.52. The van der Waals surface area contributed by atoms with Gasteiger partial charge < -0.3 is 20.3 Å². The fraction of sp³-hybridized carbons (Fsp3) is 0.684. The smallest absolute Gasteiger partial charge is 0.213 e. The Morgan fingerprint density at radius 3 is 2.68 bits per heavy atom. The van der Waals surface area contributed by atoms with Gasteiger partial charge in [0.25, 0.3) is 0 Å². The third-order valence-corrected chi connectivity index (χ3v) is 4.40. The molecular weight excluding hydrogens is 314 g/mol. The quantitative estimate of drug-likeness (QED) is 0.559. The highest BCUT2D eigenvalue weighted by molar-refractivity contribution is 5.79. The second-order valence-corrected chi connectivity index (χ2v) is 6.54. The zero-order chi connectivity index (χ0) is 17.9. The molecule has 0 unspecified atom stereocenters. The maximum atomic E-state index is 5.51. The topological polar surface area (TPSA) is 61.8 Å². The van der Waals surface area contributed by atoms with Crippen LogP contribution in [0.15, 0.2) is 23.3 Å². The zero-order valence-electron chi connectivity index (χ0n) is 15.9. The van der Waals surface area contributed by atoms with Crippen molar-refractivity contribution in [1.29, 1.82) is 0 Å². The predicted octanol–water partition coefficient (Wildman–Crippen LogP) is 2.41. The van der Waals surface area contributed by atoms with Crippen LogP contribution in [0.4, 0.5) is 0 Å². The molecule has 0 radical (unpaired) electrons. The molecule has 0 aromatic carbocycles. The van der Waals surface area contributed by atoms with Crippen molar-refractivity contribution in [3.8, 4) is 5.88 Å². The van der Waals surface area contributed by atoms with E-state index in [1.54, 1.807) is 0 Å². The van der Waals surface area contributed by atoms with Gasteiger partial charge in [-0.2, -0.15) is 0 Å². The summed E-state index contributed by atoms with van der Waals surface area (Å²) in [6, 6.07) is 4.47. The first kappa shape index (κ1) is 19.5. The minimum Gasteiger partial charge on any atom is -0.478 e. The van der Waals surface area contributed by atoms with Crippen LogP contribution in [0.25, 0.3) is 0 Å². The number of guanidine groups is 1. The van der Waals surface area contributed by atoms with Crippen LogP contribution in [-0.4, -0.2) is 55.2 Å². The van der Waals surface area contributed by atoms with Crippen LogP contribution >= 0.6 is 0 Å². The summed E-state index contributed by atoms with van der Waals surface area (Å²) in [6.07, 6.45) is 6.42. The fourth-order valence-electron chi connectivity index (χ4n) is 3.00. The molecule has 0 saturated carbocycles. The maximum absolute atomic E-state index is 5.51. The molecule has 2 heterocycles. The molecule has 0 bridgehead atoms. The lowest BCUT2D eigenvalue weighted by molar-refractivity contribution is 0.206. The predicted molar refractivity (Wildman–Crippen MR) is 103 cm³/mol. The van der Waals surface area contributed by atoms with Gasteiger partial charge in [0, 0.05) is 45.0 Å². The Morgan fingerprint density at radius 2 is 2.08 bits per heavy atom. The van der Waals surface area contributed by atoms with Gasteiger partial charge in [0.15, 0.2) is 5.96 Å². The molecule has 0 aliphatic carbocycles. The average Bonchev–Trinajstić information content (AvgIpc) is 2.66. The van der Waals surface area contributed by atoms with Crippen LogP contribution in [0.2, 0.25) is 0 Å². The van der Waals surface area contributed by atoms with Gasteiger partial charge in [0.1, 0.15) is 0 Å². The second kappa shape index (κ2) is 10.9. The molecule has 1 aromatic rings. The average molecular weight is 348 g/mol. The molecule has 2 rings (SSSR count). The van der Waals surface area contributed by atoms with E-state index in [2.05, 4.69) is 39.4 Å². The van der Waals surface area contributed by atoms with E-state index in [1.807, 2.05) is 25.4 Å². The van der Waals surface area contributed by atoms with E-state index in [0.29, 0.717) is 25.1 Å². The van der Waals surface area contributed by atoms with E-state index >= 15 is 0 Å². The third kappa shape index (κ3) is 6.90. The van der Waals surface area contributed by atoms with Crippen LogP contribution in [0, 0.1) is 0 Å². The molecule has 140 valence electrons. The number of hydrogen-bond donors (Lipinski definition) is 2.